The van der Waals surface area contributed by atoms with Crippen molar-refractivity contribution in [2.24, 2.45) is 17.2 Å². The highest BCUT2D eigenvalue weighted by Crippen LogP contribution is 2.00. The summed E-state index contributed by atoms with van der Waals surface area (Å²) >= 11 is 0. The molecule has 0 heterocycles. The highest BCUT2D eigenvalue weighted by Gasteiger charge is 2.17. The molecule has 0 spiro atoms. The SMILES string of the molecule is NCCN(CCN)C(=O)CCC(N)C(=O)NCC=O. The van der Waals surface area contributed by atoms with Gasteiger partial charge in [-0.05, 0) is 6.42 Å². The molecule has 7 N–H and O–H groups in total. The molecule has 0 aliphatic rings. The predicted molar refractivity (Wildman–Crippen MR) is 71.0 cm³/mol. The zero-order valence-corrected chi connectivity index (χ0v) is 11.0. The van der Waals surface area contributed by atoms with Crippen LogP contribution in [0.25, 0.3) is 0 Å². The van der Waals surface area contributed by atoms with Crippen molar-refractivity contribution in [2.75, 3.05) is 32.7 Å². The van der Waals surface area contributed by atoms with E-state index in [1.165, 1.54) is 0 Å². The molecule has 0 aromatic rings. The Morgan fingerprint density at radius 3 is 2.26 bits per heavy atom. The van der Waals surface area contributed by atoms with E-state index in [9.17, 15) is 14.4 Å². The summed E-state index contributed by atoms with van der Waals surface area (Å²) in [6.45, 7) is 1.51. The van der Waals surface area contributed by atoms with E-state index >= 15 is 0 Å². The first-order valence-electron chi connectivity index (χ1n) is 6.21. The number of carbonyl (C=O) groups excluding carboxylic acids is 3. The van der Waals surface area contributed by atoms with Crippen molar-refractivity contribution in [1.29, 1.82) is 0 Å². The number of hydrogen-bond donors (Lipinski definition) is 4. The Balaban J connectivity index is 4.10. The van der Waals surface area contributed by atoms with Gasteiger partial charge in [-0.2, -0.15) is 0 Å². The summed E-state index contributed by atoms with van der Waals surface area (Å²) in [4.78, 5) is 34.9. The first-order chi connectivity index (χ1) is 9.06. The largest absolute Gasteiger partial charge is 0.348 e. The average Bonchev–Trinajstić information content (AvgIpc) is 2.41. The highest BCUT2D eigenvalue weighted by molar-refractivity contribution is 5.84. The third kappa shape index (κ3) is 7.50. The molecule has 2 amide bonds. The van der Waals surface area contributed by atoms with Crippen LogP contribution in [0.15, 0.2) is 0 Å². The molecule has 110 valence electrons. The summed E-state index contributed by atoms with van der Waals surface area (Å²) in [6, 6.07) is -0.804. The van der Waals surface area contributed by atoms with Gasteiger partial charge in [-0.1, -0.05) is 0 Å². The van der Waals surface area contributed by atoms with Gasteiger partial charge in [0.2, 0.25) is 11.8 Å². The number of amides is 2. The lowest BCUT2D eigenvalue weighted by atomic mass is 10.1. The van der Waals surface area contributed by atoms with Crippen LogP contribution in [0, 0.1) is 0 Å². The zero-order valence-electron chi connectivity index (χ0n) is 11.0. The van der Waals surface area contributed by atoms with Gasteiger partial charge in [-0.15, -0.1) is 0 Å². The molecule has 0 saturated carbocycles. The summed E-state index contributed by atoms with van der Waals surface area (Å²) in [5.41, 5.74) is 16.4. The number of hydrogen-bond acceptors (Lipinski definition) is 6. The maximum absolute atomic E-state index is 11.8. The Labute approximate surface area is 112 Å². The fraction of sp³-hybridized carbons (Fsp3) is 0.727. The molecule has 0 bridgehead atoms. The standard InChI is InChI=1S/C11H23N5O3/c12-3-6-16(7-4-13)10(18)2-1-9(14)11(19)15-5-8-17/h8-9H,1-7,12-14H2,(H,15,19). The predicted octanol–water partition coefficient (Wildman–Crippen LogP) is -2.84. The molecule has 8 heteroatoms. The molecule has 0 aromatic heterocycles. The second kappa shape index (κ2) is 10.4. The molecule has 0 rings (SSSR count). The van der Waals surface area contributed by atoms with E-state index in [1.807, 2.05) is 0 Å². The lowest BCUT2D eigenvalue weighted by Crippen LogP contribution is -2.43. The number of aldehydes is 1. The van der Waals surface area contributed by atoms with Crippen LogP contribution in [0.4, 0.5) is 0 Å². The van der Waals surface area contributed by atoms with Gasteiger partial charge < -0.3 is 32.2 Å². The summed E-state index contributed by atoms with van der Waals surface area (Å²) in [6.07, 6.45) is 0.935. The summed E-state index contributed by atoms with van der Waals surface area (Å²) in [5, 5.41) is 2.34. The van der Waals surface area contributed by atoms with Gasteiger partial charge in [-0.25, -0.2) is 0 Å². The van der Waals surface area contributed by atoms with Crippen LogP contribution in [0.2, 0.25) is 0 Å². The Morgan fingerprint density at radius 1 is 1.21 bits per heavy atom. The third-order valence-corrected chi connectivity index (χ3v) is 2.52. The summed E-state index contributed by atoms with van der Waals surface area (Å²) < 4.78 is 0. The Morgan fingerprint density at radius 2 is 1.79 bits per heavy atom. The lowest BCUT2D eigenvalue weighted by Gasteiger charge is -2.21. The molecule has 0 aliphatic heterocycles. The minimum Gasteiger partial charge on any atom is -0.348 e. The van der Waals surface area contributed by atoms with Crippen molar-refractivity contribution < 1.29 is 14.4 Å². The molecule has 0 fully saturated rings. The fourth-order valence-corrected chi connectivity index (χ4v) is 1.51. The number of rotatable bonds is 10. The maximum atomic E-state index is 11.8. The van der Waals surface area contributed by atoms with Crippen LogP contribution >= 0.6 is 0 Å². The second-order valence-electron chi connectivity index (χ2n) is 4.02. The Kier molecular flexibility index (Phi) is 9.59. The van der Waals surface area contributed by atoms with Gasteiger partial charge in [0.25, 0.3) is 0 Å². The van der Waals surface area contributed by atoms with Crippen LogP contribution in [0.5, 0.6) is 0 Å². The van der Waals surface area contributed by atoms with E-state index < -0.39 is 11.9 Å². The third-order valence-electron chi connectivity index (χ3n) is 2.52. The van der Waals surface area contributed by atoms with Gasteiger partial charge >= 0.3 is 0 Å². The number of nitrogens with zero attached hydrogens (tertiary/aromatic N) is 1. The van der Waals surface area contributed by atoms with Crippen LogP contribution in [-0.4, -0.2) is 61.8 Å². The first kappa shape index (κ1) is 17.5. The molecule has 1 unspecified atom stereocenters. The Hall–Kier alpha value is -1.51. The molecule has 0 aromatic carbocycles. The highest BCUT2D eigenvalue weighted by atomic mass is 16.2. The molecule has 0 aliphatic carbocycles. The Bertz CT molecular complexity index is 292. The minimum atomic E-state index is -0.804. The summed E-state index contributed by atoms with van der Waals surface area (Å²) in [5.74, 6) is -0.571. The molecular formula is C11H23N5O3. The van der Waals surface area contributed by atoms with Crippen LogP contribution < -0.4 is 22.5 Å². The quantitative estimate of drug-likeness (QED) is 0.315. The smallest absolute Gasteiger partial charge is 0.237 e. The number of nitrogens with one attached hydrogen (secondary N) is 1. The normalized spacial score (nSPS) is 11.7. The van der Waals surface area contributed by atoms with Gasteiger partial charge in [0, 0.05) is 32.6 Å². The van der Waals surface area contributed by atoms with Crippen molar-refractivity contribution in [3.05, 3.63) is 0 Å². The van der Waals surface area contributed by atoms with Crippen molar-refractivity contribution in [1.82, 2.24) is 10.2 Å². The lowest BCUT2D eigenvalue weighted by molar-refractivity contribution is -0.131. The first-order valence-corrected chi connectivity index (χ1v) is 6.21. The monoisotopic (exact) mass is 273 g/mol. The molecule has 19 heavy (non-hydrogen) atoms. The van der Waals surface area contributed by atoms with Crippen molar-refractivity contribution in [3.63, 3.8) is 0 Å². The van der Waals surface area contributed by atoms with Gasteiger partial charge in [0.05, 0.1) is 12.6 Å². The van der Waals surface area contributed by atoms with Gasteiger partial charge in [-0.3, -0.25) is 9.59 Å². The average molecular weight is 273 g/mol. The van der Waals surface area contributed by atoms with Crippen molar-refractivity contribution in [2.45, 2.75) is 18.9 Å². The topological polar surface area (TPSA) is 145 Å². The number of carbonyl (C=O) groups is 3. The number of nitrogens with two attached hydrogens (primary N) is 3. The molecule has 8 nitrogen and oxygen atoms in total. The van der Waals surface area contributed by atoms with E-state index in [2.05, 4.69) is 5.32 Å². The van der Waals surface area contributed by atoms with E-state index in [1.54, 1.807) is 4.90 Å². The van der Waals surface area contributed by atoms with Crippen LogP contribution in [0.1, 0.15) is 12.8 Å². The van der Waals surface area contributed by atoms with E-state index in [-0.39, 0.29) is 25.3 Å². The summed E-state index contributed by atoms with van der Waals surface area (Å²) in [7, 11) is 0. The molecule has 1 atom stereocenters. The minimum absolute atomic E-state index is 0.0764. The van der Waals surface area contributed by atoms with Crippen LogP contribution in [-0.2, 0) is 14.4 Å². The van der Waals surface area contributed by atoms with Crippen molar-refractivity contribution >= 4 is 18.1 Å². The van der Waals surface area contributed by atoms with Crippen molar-refractivity contribution in [3.8, 4) is 0 Å². The molecule has 0 radical (unpaired) electrons. The second-order valence-corrected chi connectivity index (χ2v) is 4.02. The van der Waals surface area contributed by atoms with E-state index in [4.69, 9.17) is 17.2 Å². The molecular weight excluding hydrogens is 250 g/mol. The van der Waals surface area contributed by atoms with Gasteiger partial charge in [0.1, 0.15) is 6.29 Å². The van der Waals surface area contributed by atoms with E-state index in [0.717, 1.165) is 0 Å². The maximum Gasteiger partial charge on any atom is 0.237 e. The van der Waals surface area contributed by atoms with Gasteiger partial charge in [0.15, 0.2) is 0 Å². The molecule has 0 saturated heterocycles. The zero-order chi connectivity index (χ0) is 14.7. The van der Waals surface area contributed by atoms with E-state index in [0.29, 0.717) is 32.5 Å². The van der Waals surface area contributed by atoms with Crippen LogP contribution in [0.3, 0.4) is 0 Å². The fourth-order valence-electron chi connectivity index (χ4n) is 1.51.